The highest BCUT2D eigenvalue weighted by molar-refractivity contribution is 14.1. The number of aryl methyl sites for hydroxylation is 2. The topological polar surface area (TPSA) is 17.1 Å². The van der Waals surface area contributed by atoms with Gasteiger partial charge in [-0.2, -0.15) is 0 Å². The Bertz CT molecular complexity index is 635. The van der Waals surface area contributed by atoms with E-state index < -0.39 is 0 Å². The summed E-state index contributed by atoms with van der Waals surface area (Å²) in [5, 5.41) is 0. The first-order valence-corrected chi connectivity index (χ1v) is 7.09. The molecule has 0 amide bonds. The van der Waals surface area contributed by atoms with Crippen LogP contribution in [0.15, 0.2) is 36.4 Å². The van der Waals surface area contributed by atoms with E-state index in [1.807, 2.05) is 54.6 Å². The fourth-order valence-corrected chi connectivity index (χ4v) is 2.75. The Morgan fingerprint density at radius 1 is 1.16 bits per heavy atom. The van der Waals surface area contributed by atoms with Crippen LogP contribution in [0.1, 0.15) is 27.0 Å². The number of Topliss-reactive ketones (excluding diaryl/α,β-unsaturated/α-hetero) is 1. The van der Waals surface area contributed by atoms with E-state index >= 15 is 0 Å². The normalized spacial score (nSPS) is 10.5. The van der Waals surface area contributed by atoms with E-state index in [9.17, 15) is 9.18 Å². The highest BCUT2D eigenvalue weighted by Crippen LogP contribution is 2.18. The Kier molecular flexibility index (Phi) is 4.34. The van der Waals surface area contributed by atoms with Gasteiger partial charge in [-0.05, 0) is 65.8 Å². The van der Waals surface area contributed by atoms with Crippen molar-refractivity contribution in [3.8, 4) is 0 Å². The Labute approximate surface area is 126 Å². The number of hydrogen-bond acceptors (Lipinski definition) is 1. The van der Waals surface area contributed by atoms with Gasteiger partial charge in [0.05, 0.1) is 0 Å². The van der Waals surface area contributed by atoms with E-state index in [4.69, 9.17) is 0 Å². The van der Waals surface area contributed by atoms with Gasteiger partial charge >= 0.3 is 0 Å². The predicted octanol–water partition coefficient (Wildman–Crippen LogP) is 4.47. The molecule has 2 rings (SSSR count). The van der Waals surface area contributed by atoms with Crippen molar-refractivity contribution in [2.24, 2.45) is 0 Å². The second-order valence-electron chi connectivity index (χ2n) is 4.65. The molecular formula is C16H14FIO. The summed E-state index contributed by atoms with van der Waals surface area (Å²) in [6, 6.07) is 10.4. The number of carbonyl (C=O) groups excluding carboxylic acids is 1. The fraction of sp³-hybridized carbons (Fsp3) is 0.188. The molecule has 0 unspecified atom stereocenters. The summed E-state index contributed by atoms with van der Waals surface area (Å²) >= 11 is 2.00. The molecule has 2 aromatic rings. The van der Waals surface area contributed by atoms with Crippen LogP contribution in [0, 0.1) is 23.2 Å². The standard InChI is InChI=1S/C16H14FIO/c1-10-3-4-11(2)12(7-10)8-16(19)14-6-5-13(17)9-15(14)18/h3-7,9H,8H2,1-2H3. The molecular weight excluding hydrogens is 354 g/mol. The van der Waals surface area contributed by atoms with Crippen LogP contribution in [0.5, 0.6) is 0 Å². The highest BCUT2D eigenvalue weighted by atomic mass is 127. The summed E-state index contributed by atoms with van der Waals surface area (Å²) in [6.07, 6.45) is 0.356. The highest BCUT2D eigenvalue weighted by Gasteiger charge is 2.12. The number of hydrogen-bond donors (Lipinski definition) is 0. The molecule has 2 aromatic carbocycles. The van der Waals surface area contributed by atoms with Crippen molar-refractivity contribution >= 4 is 28.4 Å². The average molecular weight is 368 g/mol. The van der Waals surface area contributed by atoms with Crippen LogP contribution in [-0.2, 0) is 6.42 Å². The minimum absolute atomic E-state index is 0.0260. The first-order valence-electron chi connectivity index (χ1n) is 6.02. The van der Waals surface area contributed by atoms with Gasteiger partial charge in [0, 0.05) is 15.6 Å². The van der Waals surface area contributed by atoms with Gasteiger partial charge in [0.25, 0.3) is 0 Å². The lowest BCUT2D eigenvalue weighted by Gasteiger charge is -2.08. The number of rotatable bonds is 3. The van der Waals surface area contributed by atoms with Crippen LogP contribution >= 0.6 is 22.6 Å². The Morgan fingerprint density at radius 3 is 2.58 bits per heavy atom. The third kappa shape index (κ3) is 3.41. The quantitative estimate of drug-likeness (QED) is 0.577. The van der Waals surface area contributed by atoms with E-state index in [2.05, 4.69) is 0 Å². The van der Waals surface area contributed by atoms with Gasteiger partial charge in [0.2, 0.25) is 0 Å². The molecule has 19 heavy (non-hydrogen) atoms. The minimum Gasteiger partial charge on any atom is -0.294 e. The van der Waals surface area contributed by atoms with Gasteiger partial charge in [0.15, 0.2) is 5.78 Å². The maximum Gasteiger partial charge on any atom is 0.168 e. The molecule has 0 saturated carbocycles. The third-order valence-corrected chi connectivity index (χ3v) is 3.98. The summed E-state index contributed by atoms with van der Waals surface area (Å²) in [5.41, 5.74) is 3.87. The smallest absolute Gasteiger partial charge is 0.168 e. The summed E-state index contributed by atoms with van der Waals surface area (Å²) < 4.78 is 13.7. The number of carbonyl (C=O) groups is 1. The molecule has 0 N–H and O–H groups in total. The van der Waals surface area contributed by atoms with Gasteiger partial charge in [-0.15, -0.1) is 0 Å². The molecule has 0 aliphatic rings. The fourth-order valence-electron chi connectivity index (χ4n) is 1.97. The third-order valence-electron chi connectivity index (χ3n) is 3.09. The average Bonchev–Trinajstić information content (AvgIpc) is 2.33. The molecule has 0 aliphatic heterocycles. The zero-order valence-corrected chi connectivity index (χ0v) is 13.0. The molecule has 0 aliphatic carbocycles. The molecule has 0 aromatic heterocycles. The van der Waals surface area contributed by atoms with E-state index in [-0.39, 0.29) is 11.6 Å². The van der Waals surface area contributed by atoms with Gasteiger partial charge in [-0.3, -0.25) is 4.79 Å². The molecule has 0 heterocycles. The van der Waals surface area contributed by atoms with Gasteiger partial charge < -0.3 is 0 Å². The van der Waals surface area contributed by atoms with Crippen molar-refractivity contribution in [3.63, 3.8) is 0 Å². The van der Waals surface area contributed by atoms with Crippen LogP contribution in [0.2, 0.25) is 0 Å². The van der Waals surface area contributed by atoms with E-state index in [0.717, 1.165) is 16.7 Å². The maximum absolute atomic E-state index is 13.0. The van der Waals surface area contributed by atoms with Crippen molar-refractivity contribution in [1.29, 1.82) is 0 Å². The van der Waals surface area contributed by atoms with Crippen LogP contribution in [0.3, 0.4) is 0 Å². The van der Waals surface area contributed by atoms with Crippen LogP contribution < -0.4 is 0 Å². The molecule has 3 heteroatoms. The van der Waals surface area contributed by atoms with Gasteiger partial charge in [-0.1, -0.05) is 23.8 Å². The summed E-state index contributed by atoms with van der Waals surface area (Å²) in [4.78, 5) is 12.3. The van der Waals surface area contributed by atoms with E-state index in [1.165, 1.54) is 12.1 Å². The number of halogens is 2. The molecule has 0 atom stereocenters. The Balaban J connectivity index is 2.28. The lowest BCUT2D eigenvalue weighted by atomic mass is 9.98. The second kappa shape index (κ2) is 5.82. The van der Waals surface area contributed by atoms with Crippen LogP contribution in [-0.4, -0.2) is 5.78 Å². The lowest BCUT2D eigenvalue weighted by molar-refractivity contribution is 0.0992. The maximum atomic E-state index is 13.0. The van der Waals surface area contributed by atoms with Crippen molar-refractivity contribution in [2.45, 2.75) is 20.3 Å². The van der Waals surface area contributed by atoms with Crippen molar-refractivity contribution in [3.05, 3.63) is 68.0 Å². The molecule has 0 spiro atoms. The van der Waals surface area contributed by atoms with Crippen molar-refractivity contribution < 1.29 is 9.18 Å². The predicted molar refractivity (Wildman–Crippen MR) is 83.1 cm³/mol. The Hall–Kier alpha value is -1.23. The minimum atomic E-state index is -0.312. The molecule has 0 bridgehead atoms. The number of benzene rings is 2. The van der Waals surface area contributed by atoms with Crippen molar-refractivity contribution in [2.75, 3.05) is 0 Å². The van der Waals surface area contributed by atoms with Crippen molar-refractivity contribution in [1.82, 2.24) is 0 Å². The van der Waals surface area contributed by atoms with Crippen LogP contribution in [0.25, 0.3) is 0 Å². The van der Waals surface area contributed by atoms with Gasteiger partial charge in [0.1, 0.15) is 5.82 Å². The summed E-state index contributed by atoms with van der Waals surface area (Å²) in [6.45, 7) is 4.01. The summed E-state index contributed by atoms with van der Waals surface area (Å²) in [5.74, 6) is -0.286. The molecule has 98 valence electrons. The van der Waals surface area contributed by atoms with Crippen LogP contribution in [0.4, 0.5) is 4.39 Å². The van der Waals surface area contributed by atoms with E-state index in [0.29, 0.717) is 15.6 Å². The zero-order valence-electron chi connectivity index (χ0n) is 10.8. The van der Waals surface area contributed by atoms with Gasteiger partial charge in [-0.25, -0.2) is 4.39 Å². The second-order valence-corrected chi connectivity index (χ2v) is 5.82. The Morgan fingerprint density at radius 2 is 1.89 bits per heavy atom. The molecule has 0 saturated heterocycles. The summed E-state index contributed by atoms with van der Waals surface area (Å²) in [7, 11) is 0. The SMILES string of the molecule is Cc1ccc(C)c(CC(=O)c2ccc(F)cc2I)c1. The molecule has 0 fully saturated rings. The zero-order chi connectivity index (χ0) is 14.0. The monoisotopic (exact) mass is 368 g/mol. The lowest BCUT2D eigenvalue weighted by Crippen LogP contribution is -2.07. The number of ketones is 1. The van der Waals surface area contributed by atoms with E-state index in [1.54, 1.807) is 6.07 Å². The largest absolute Gasteiger partial charge is 0.294 e. The first-order chi connectivity index (χ1) is 8.97. The molecule has 1 nitrogen and oxygen atoms in total. The molecule has 0 radical (unpaired) electrons. The first kappa shape index (κ1) is 14.2.